The van der Waals surface area contributed by atoms with Crippen molar-refractivity contribution in [2.45, 2.75) is 70.9 Å². The predicted octanol–water partition coefficient (Wildman–Crippen LogP) is 2.59. The average Bonchev–Trinajstić information content (AvgIpc) is 2.90. The fourth-order valence-electron chi connectivity index (χ4n) is 3.75. The summed E-state index contributed by atoms with van der Waals surface area (Å²) in [6.07, 6.45) is 10.2. The third-order valence-electron chi connectivity index (χ3n) is 4.86. The van der Waals surface area contributed by atoms with Crippen LogP contribution in [-0.2, 0) is 19.4 Å². The highest BCUT2D eigenvalue weighted by molar-refractivity contribution is 5.19. The zero-order valence-corrected chi connectivity index (χ0v) is 11.5. The molecule has 2 unspecified atom stereocenters. The van der Waals surface area contributed by atoms with Crippen molar-refractivity contribution in [1.82, 2.24) is 9.55 Å². The predicted molar refractivity (Wildman–Crippen MR) is 73.5 cm³/mol. The average molecular weight is 247 g/mol. The van der Waals surface area contributed by atoms with E-state index >= 15 is 0 Å². The lowest BCUT2D eigenvalue weighted by Gasteiger charge is -2.19. The Morgan fingerprint density at radius 2 is 2.06 bits per heavy atom. The van der Waals surface area contributed by atoms with Crippen LogP contribution in [0.15, 0.2) is 0 Å². The van der Waals surface area contributed by atoms with E-state index in [1.165, 1.54) is 68.6 Å². The smallest absolute Gasteiger partial charge is 0.106 e. The molecule has 18 heavy (non-hydrogen) atoms. The molecule has 0 aromatic carbocycles. The van der Waals surface area contributed by atoms with Crippen LogP contribution in [0.4, 0.5) is 0 Å². The van der Waals surface area contributed by atoms with E-state index in [-0.39, 0.29) is 0 Å². The zero-order valence-electron chi connectivity index (χ0n) is 11.5. The van der Waals surface area contributed by atoms with Crippen molar-refractivity contribution in [2.75, 3.05) is 0 Å². The Labute approximate surface area is 110 Å². The van der Waals surface area contributed by atoms with Crippen LogP contribution in [0, 0.1) is 12.8 Å². The van der Waals surface area contributed by atoms with Crippen molar-refractivity contribution in [2.24, 2.45) is 11.7 Å². The fraction of sp³-hybridized carbons (Fsp3) is 0.800. The number of imidazole rings is 1. The molecule has 0 saturated heterocycles. The maximum atomic E-state index is 6.17. The SMILES string of the molecule is Cc1nc2c(n1CCC1CCCC1N)CCCC2. The summed E-state index contributed by atoms with van der Waals surface area (Å²) in [4.78, 5) is 4.75. The molecule has 0 radical (unpaired) electrons. The summed E-state index contributed by atoms with van der Waals surface area (Å²) in [5.74, 6) is 1.96. The van der Waals surface area contributed by atoms with Crippen molar-refractivity contribution in [3.8, 4) is 0 Å². The minimum absolute atomic E-state index is 0.449. The number of fused-ring (bicyclic) bond motifs is 1. The second-order valence-corrected chi connectivity index (χ2v) is 6.05. The van der Waals surface area contributed by atoms with Gasteiger partial charge in [0.15, 0.2) is 0 Å². The van der Waals surface area contributed by atoms with Gasteiger partial charge in [-0.1, -0.05) is 6.42 Å². The van der Waals surface area contributed by atoms with Crippen LogP contribution in [-0.4, -0.2) is 15.6 Å². The van der Waals surface area contributed by atoms with Gasteiger partial charge in [0.2, 0.25) is 0 Å². The Hall–Kier alpha value is -0.830. The fourth-order valence-corrected chi connectivity index (χ4v) is 3.75. The monoisotopic (exact) mass is 247 g/mol. The summed E-state index contributed by atoms with van der Waals surface area (Å²) in [5.41, 5.74) is 9.06. The Bertz CT molecular complexity index is 422. The lowest BCUT2D eigenvalue weighted by Crippen LogP contribution is -2.25. The van der Waals surface area contributed by atoms with Crippen molar-refractivity contribution in [3.63, 3.8) is 0 Å². The van der Waals surface area contributed by atoms with E-state index in [1.54, 1.807) is 0 Å². The Balaban J connectivity index is 1.70. The van der Waals surface area contributed by atoms with E-state index < -0.39 is 0 Å². The second-order valence-electron chi connectivity index (χ2n) is 6.05. The summed E-state index contributed by atoms with van der Waals surface area (Å²) in [7, 11) is 0. The maximum absolute atomic E-state index is 6.17. The first-order valence-corrected chi connectivity index (χ1v) is 7.56. The Morgan fingerprint density at radius 1 is 1.22 bits per heavy atom. The van der Waals surface area contributed by atoms with Gasteiger partial charge < -0.3 is 10.3 Å². The number of nitrogens with zero attached hydrogens (tertiary/aromatic N) is 2. The first kappa shape index (κ1) is 12.2. The number of hydrogen-bond donors (Lipinski definition) is 1. The van der Waals surface area contributed by atoms with Crippen molar-refractivity contribution in [1.29, 1.82) is 0 Å². The highest BCUT2D eigenvalue weighted by atomic mass is 15.1. The van der Waals surface area contributed by atoms with E-state index in [9.17, 15) is 0 Å². The summed E-state index contributed by atoms with van der Waals surface area (Å²) in [6.45, 7) is 3.29. The van der Waals surface area contributed by atoms with Crippen LogP contribution >= 0.6 is 0 Å². The van der Waals surface area contributed by atoms with Crippen LogP contribution in [0.3, 0.4) is 0 Å². The van der Waals surface area contributed by atoms with Gasteiger partial charge in [-0.05, 0) is 57.8 Å². The molecule has 1 fully saturated rings. The second kappa shape index (κ2) is 5.04. The largest absolute Gasteiger partial charge is 0.332 e. The molecule has 0 spiro atoms. The summed E-state index contributed by atoms with van der Waals surface area (Å²) >= 11 is 0. The lowest BCUT2D eigenvalue weighted by atomic mass is 9.99. The van der Waals surface area contributed by atoms with Crippen molar-refractivity contribution < 1.29 is 0 Å². The van der Waals surface area contributed by atoms with Crippen molar-refractivity contribution >= 4 is 0 Å². The summed E-state index contributed by atoms with van der Waals surface area (Å²) < 4.78 is 2.47. The van der Waals surface area contributed by atoms with E-state index in [0.717, 1.165) is 12.5 Å². The molecule has 3 nitrogen and oxygen atoms in total. The van der Waals surface area contributed by atoms with Crippen LogP contribution in [0.25, 0.3) is 0 Å². The molecule has 1 aromatic rings. The molecule has 3 rings (SSSR count). The highest BCUT2D eigenvalue weighted by Crippen LogP contribution is 2.29. The van der Waals surface area contributed by atoms with Gasteiger partial charge in [-0.3, -0.25) is 0 Å². The molecule has 1 heterocycles. The van der Waals surface area contributed by atoms with Gasteiger partial charge in [0.1, 0.15) is 5.82 Å². The van der Waals surface area contributed by atoms with Gasteiger partial charge in [0.25, 0.3) is 0 Å². The number of aromatic nitrogens is 2. The van der Waals surface area contributed by atoms with Crippen LogP contribution in [0.2, 0.25) is 0 Å². The van der Waals surface area contributed by atoms with E-state index in [1.807, 2.05) is 0 Å². The van der Waals surface area contributed by atoms with Gasteiger partial charge in [0, 0.05) is 18.3 Å². The quantitative estimate of drug-likeness (QED) is 0.892. The van der Waals surface area contributed by atoms with Gasteiger partial charge in [-0.2, -0.15) is 0 Å². The molecule has 2 N–H and O–H groups in total. The number of nitrogens with two attached hydrogens (primary N) is 1. The summed E-state index contributed by atoms with van der Waals surface area (Å²) in [6, 6.07) is 0.449. The first-order valence-electron chi connectivity index (χ1n) is 7.56. The highest BCUT2D eigenvalue weighted by Gasteiger charge is 2.24. The molecule has 2 aliphatic rings. The van der Waals surface area contributed by atoms with Gasteiger partial charge in [0.05, 0.1) is 5.69 Å². The molecule has 2 aliphatic carbocycles. The molecule has 0 bridgehead atoms. The normalized spacial score (nSPS) is 27.4. The standard InChI is InChI=1S/C15H25N3/c1-11-17-14-7-2-3-8-15(14)18(11)10-9-12-5-4-6-13(12)16/h12-13H,2-10,16H2,1H3. The Morgan fingerprint density at radius 3 is 2.83 bits per heavy atom. The molecule has 2 atom stereocenters. The summed E-state index contributed by atoms with van der Waals surface area (Å²) in [5, 5.41) is 0. The van der Waals surface area contributed by atoms with Gasteiger partial charge in [-0.25, -0.2) is 4.98 Å². The lowest BCUT2D eigenvalue weighted by molar-refractivity contribution is 0.407. The Kier molecular flexibility index (Phi) is 3.42. The molecular formula is C15H25N3. The van der Waals surface area contributed by atoms with Crippen LogP contribution < -0.4 is 5.73 Å². The minimum atomic E-state index is 0.449. The molecule has 1 saturated carbocycles. The first-order chi connectivity index (χ1) is 8.75. The number of rotatable bonds is 3. The van der Waals surface area contributed by atoms with Crippen molar-refractivity contribution in [3.05, 3.63) is 17.2 Å². The molecule has 1 aromatic heterocycles. The van der Waals surface area contributed by atoms with E-state index in [2.05, 4.69) is 11.5 Å². The van der Waals surface area contributed by atoms with Crippen LogP contribution in [0.5, 0.6) is 0 Å². The number of hydrogen-bond acceptors (Lipinski definition) is 2. The van der Waals surface area contributed by atoms with Crippen LogP contribution in [0.1, 0.15) is 55.7 Å². The third kappa shape index (κ3) is 2.20. The zero-order chi connectivity index (χ0) is 12.5. The maximum Gasteiger partial charge on any atom is 0.106 e. The number of aryl methyl sites for hydroxylation is 2. The van der Waals surface area contributed by atoms with E-state index in [4.69, 9.17) is 10.7 Å². The molecule has 0 amide bonds. The molecular weight excluding hydrogens is 222 g/mol. The third-order valence-corrected chi connectivity index (χ3v) is 4.86. The van der Waals surface area contributed by atoms with Gasteiger partial charge in [-0.15, -0.1) is 0 Å². The topological polar surface area (TPSA) is 43.8 Å². The molecule has 3 heteroatoms. The molecule has 100 valence electrons. The minimum Gasteiger partial charge on any atom is -0.332 e. The van der Waals surface area contributed by atoms with E-state index in [0.29, 0.717) is 6.04 Å². The van der Waals surface area contributed by atoms with Gasteiger partial charge >= 0.3 is 0 Å². The molecule has 0 aliphatic heterocycles.